The number of carbonyl (C=O) groups is 3. The standard InChI is InChI=1S/C33H33N5O6Si/c1-31(2,3)42-24-21-23(39)19-14-10-11-15-20(19)28(41)38(27(40)18-12-8-7-9-13-18)26-22-25(34-16-35-26)37(17-36-22)29(21)43-33(24)30(45-33)44-32(4,5)6/h7-17,21,24,29-30H,1-6H3/t21-,24+,29-,30?,33-/m1/s1. The average Bonchev–Trinajstić information content (AvgIpc) is 3.32. The van der Waals surface area contributed by atoms with Crippen molar-refractivity contribution in [2.45, 2.75) is 76.0 Å². The van der Waals surface area contributed by atoms with Crippen molar-refractivity contribution in [2.24, 2.45) is 5.92 Å². The van der Waals surface area contributed by atoms with E-state index < -0.39 is 46.5 Å². The lowest BCUT2D eigenvalue weighted by Crippen LogP contribution is -2.44. The van der Waals surface area contributed by atoms with Crippen LogP contribution in [-0.2, 0) is 14.2 Å². The zero-order chi connectivity index (χ0) is 31.9. The highest BCUT2D eigenvalue weighted by Gasteiger charge is 2.74. The van der Waals surface area contributed by atoms with Gasteiger partial charge in [-0.2, -0.15) is 0 Å². The van der Waals surface area contributed by atoms with E-state index in [0.29, 0.717) is 5.65 Å². The minimum Gasteiger partial charge on any atom is -0.374 e. The number of rotatable bonds is 3. The zero-order valence-electron chi connectivity index (χ0n) is 25.8. The molecule has 12 heteroatoms. The van der Waals surface area contributed by atoms with Crippen LogP contribution in [0.15, 0.2) is 67.3 Å². The van der Waals surface area contributed by atoms with E-state index in [1.165, 1.54) is 12.7 Å². The first-order chi connectivity index (χ1) is 21.3. The monoisotopic (exact) mass is 623 g/mol. The predicted octanol–water partition coefficient (Wildman–Crippen LogP) is 4.39. The molecule has 5 heterocycles. The minimum atomic E-state index is -0.897. The maximum atomic E-state index is 14.9. The first-order valence-corrected chi connectivity index (χ1v) is 15.9. The van der Waals surface area contributed by atoms with Gasteiger partial charge in [0.15, 0.2) is 22.8 Å². The Labute approximate surface area is 262 Å². The molecule has 2 fully saturated rings. The van der Waals surface area contributed by atoms with Gasteiger partial charge < -0.3 is 14.2 Å². The molecular formula is C33H33N5O6Si. The van der Waals surface area contributed by atoms with Crippen molar-refractivity contribution in [2.75, 3.05) is 4.90 Å². The summed E-state index contributed by atoms with van der Waals surface area (Å²) in [6, 6.07) is 15.0. The molecule has 1 spiro atoms. The fourth-order valence-corrected chi connectivity index (χ4v) is 7.75. The smallest absolute Gasteiger partial charge is 0.267 e. The normalized spacial score (nSPS) is 26.2. The summed E-state index contributed by atoms with van der Waals surface area (Å²) in [4.78, 5) is 57.9. The molecule has 3 aliphatic heterocycles. The number of imidazole rings is 1. The molecule has 2 saturated heterocycles. The second-order valence-electron chi connectivity index (χ2n) is 13.5. The summed E-state index contributed by atoms with van der Waals surface area (Å²) >= 11 is 0. The van der Waals surface area contributed by atoms with Crippen LogP contribution in [0.2, 0.25) is 0 Å². The molecule has 2 amide bonds. The van der Waals surface area contributed by atoms with Gasteiger partial charge in [0.05, 0.1) is 34.7 Å². The molecule has 4 aromatic rings. The maximum Gasteiger partial charge on any atom is 0.267 e. The van der Waals surface area contributed by atoms with Crippen molar-refractivity contribution in [3.63, 3.8) is 0 Å². The Bertz CT molecular complexity index is 1850. The molecule has 2 aromatic carbocycles. The molecule has 2 radical (unpaired) electrons. The van der Waals surface area contributed by atoms with Gasteiger partial charge in [-0.25, -0.2) is 19.9 Å². The molecule has 4 bridgehead atoms. The van der Waals surface area contributed by atoms with Crippen molar-refractivity contribution < 1.29 is 28.6 Å². The Morgan fingerprint density at radius 1 is 0.889 bits per heavy atom. The third-order valence-corrected chi connectivity index (χ3v) is 9.58. The first kappa shape index (κ1) is 29.6. The van der Waals surface area contributed by atoms with Crippen LogP contribution in [0.4, 0.5) is 5.82 Å². The molecule has 230 valence electrons. The molecule has 0 saturated carbocycles. The zero-order valence-corrected chi connectivity index (χ0v) is 26.8. The Kier molecular flexibility index (Phi) is 6.71. The summed E-state index contributed by atoms with van der Waals surface area (Å²) in [5.41, 5.74) is -0.355. The number of imide groups is 1. The summed E-state index contributed by atoms with van der Waals surface area (Å²) < 4.78 is 21.7. The highest BCUT2D eigenvalue weighted by molar-refractivity contribution is 6.56. The van der Waals surface area contributed by atoms with Crippen molar-refractivity contribution in [1.29, 1.82) is 0 Å². The quantitative estimate of drug-likeness (QED) is 0.241. The summed E-state index contributed by atoms with van der Waals surface area (Å²) in [7, 11) is 0.214. The Hall–Kier alpha value is -4.10. The minimum absolute atomic E-state index is 0.00995. The number of nitrogens with zero attached hydrogens (tertiary/aromatic N) is 5. The Morgan fingerprint density at radius 2 is 1.56 bits per heavy atom. The van der Waals surface area contributed by atoms with Crippen molar-refractivity contribution in [1.82, 2.24) is 19.5 Å². The predicted molar refractivity (Wildman–Crippen MR) is 165 cm³/mol. The molecular weight excluding hydrogens is 590 g/mol. The number of hydrogen-bond acceptors (Lipinski definition) is 9. The second kappa shape index (κ2) is 10.2. The number of aromatic nitrogens is 4. The average molecular weight is 624 g/mol. The van der Waals surface area contributed by atoms with Crippen LogP contribution >= 0.6 is 0 Å². The Balaban J connectivity index is 1.47. The fourth-order valence-electron chi connectivity index (χ4n) is 6.12. The maximum absolute atomic E-state index is 14.9. The number of ether oxygens (including phenoxy) is 3. The van der Waals surface area contributed by atoms with E-state index in [9.17, 15) is 14.4 Å². The van der Waals surface area contributed by atoms with Gasteiger partial charge in [0.2, 0.25) is 0 Å². The fraction of sp³-hybridized carbons (Fsp3) is 0.394. The molecule has 0 N–H and O–H groups in total. The number of anilines is 1. The van der Waals surface area contributed by atoms with Gasteiger partial charge in [0.25, 0.3) is 11.8 Å². The van der Waals surface area contributed by atoms with E-state index in [1.807, 2.05) is 41.5 Å². The van der Waals surface area contributed by atoms with Crippen LogP contribution in [0.25, 0.3) is 11.2 Å². The van der Waals surface area contributed by atoms with Gasteiger partial charge in [0, 0.05) is 11.1 Å². The van der Waals surface area contributed by atoms with Crippen LogP contribution in [-0.4, -0.2) is 74.9 Å². The number of fused-ring (bicyclic) bond motifs is 3. The lowest BCUT2D eigenvalue weighted by atomic mass is 9.87. The SMILES string of the molecule is CC(C)(C)OC1[Si][C@@]12O[C@@H]1[C@H](C(=O)c3ccccc3C(=O)N(C(=O)c3ccccc3)c3ncnc4c3ncn41)[C@@H]2OC(C)(C)C. The molecule has 45 heavy (non-hydrogen) atoms. The molecule has 5 atom stereocenters. The summed E-state index contributed by atoms with van der Waals surface area (Å²) in [6.45, 7) is 11.8. The number of amides is 2. The van der Waals surface area contributed by atoms with Gasteiger partial charge in [-0.3, -0.25) is 19.0 Å². The summed E-state index contributed by atoms with van der Waals surface area (Å²) in [5.74, 6) is -2.55. The van der Waals surface area contributed by atoms with E-state index in [-0.39, 0.29) is 49.1 Å². The van der Waals surface area contributed by atoms with Crippen molar-refractivity contribution >= 4 is 44.1 Å². The van der Waals surface area contributed by atoms with Crippen LogP contribution in [0.1, 0.15) is 78.8 Å². The van der Waals surface area contributed by atoms with Crippen LogP contribution in [0, 0.1) is 5.92 Å². The largest absolute Gasteiger partial charge is 0.374 e. The van der Waals surface area contributed by atoms with Gasteiger partial charge in [0.1, 0.15) is 33.4 Å². The van der Waals surface area contributed by atoms with Gasteiger partial charge in [-0.05, 0) is 59.7 Å². The van der Waals surface area contributed by atoms with E-state index in [0.717, 1.165) is 4.90 Å². The second-order valence-corrected chi connectivity index (χ2v) is 15.1. The number of carbonyl (C=O) groups excluding carboxylic acids is 3. The third kappa shape index (κ3) is 4.92. The molecule has 3 aliphatic rings. The van der Waals surface area contributed by atoms with Gasteiger partial charge in [-0.15, -0.1) is 0 Å². The number of ketones is 1. The van der Waals surface area contributed by atoms with Crippen LogP contribution < -0.4 is 4.90 Å². The van der Waals surface area contributed by atoms with Crippen LogP contribution in [0.5, 0.6) is 0 Å². The van der Waals surface area contributed by atoms with E-state index in [4.69, 9.17) is 14.2 Å². The lowest BCUT2D eigenvalue weighted by Gasteiger charge is -2.32. The van der Waals surface area contributed by atoms with E-state index in [1.54, 1.807) is 59.2 Å². The van der Waals surface area contributed by atoms with Crippen LogP contribution in [0.3, 0.4) is 0 Å². The molecule has 0 aliphatic carbocycles. The lowest BCUT2D eigenvalue weighted by molar-refractivity contribution is -0.136. The van der Waals surface area contributed by atoms with Crippen molar-refractivity contribution in [3.8, 4) is 0 Å². The highest BCUT2D eigenvalue weighted by atomic mass is 28.2. The third-order valence-electron chi connectivity index (χ3n) is 7.96. The first-order valence-electron chi connectivity index (χ1n) is 14.8. The van der Waals surface area contributed by atoms with Crippen molar-refractivity contribution in [3.05, 3.63) is 83.9 Å². The number of benzene rings is 2. The number of hydrogen-bond donors (Lipinski definition) is 0. The summed E-state index contributed by atoms with van der Waals surface area (Å²) in [6.07, 6.45) is 1.20. The molecule has 2 aromatic heterocycles. The molecule has 11 nitrogen and oxygen atoms in total. The number of Topliss-reactive ketones (excluding diaryl/α,β-unsaturated/α-hetero) is 1. The molecule has 7 rings (SSSR count). The highest BCUT2D eigenvalue weighted by Crippen LogP contribution is 2.56. The van der Waals surface area contributed by atoms with E-state index >= 15 is 0 Å². The Morgan fingerprint density at radius 3 is 2.24 bits per heavy atom. The van der Waals surface area contributed by atoms with Gasteiger partial charge >= 0.3 is 0 Å². The summed E-state index contributed by atoms with van der Waals surface area (Å²) in [5, 5.41) is -0.892. The van der Waals surface area contributed by atoms with E-state index in [2.05, 4.69) is 15.0 Å². The molecule has 1 unspecified atom stereocenters. The topological polar surface area (TPSA) is 126 Å². The van der Waals surface area contributed by atoms with Gasteiger partial charge in [-0.1, -0.05) is 36.4 Å².